The number of hydrogen-bond acceptors (Lipinski definition) is 1. The van der Waals surface area contributed by atoms with Crippen LogP contribution in [0.2, 0.25) is 0 Å². The summed E-state index contributed by atoms with van der Waals surface area (Å²) in [5, 5.41) is 9.65. The maximum absolute atomic E-state index is 9.65. The van der Waals surface area contributed by atoms with Crippen LogP contribution in [0.5, 0.6) is 0 Å². The summed E-state index contributed by atoms with van der Waals surface area (Å²) in [6, 6.07) is 0. The number of aliphatic hydroxyl groups is 1. The Morgan fingerprint density at radius 2 is 2.00 bits per heavy atom. The van der Waals surface area contributed by atoms with Gasteiger partial charge in [-0.15, -0.1) is 0 Å². The van der Waals surface area contributed by atoms with E-state index in [0.717, 1.165) is 12.3 Å². The molecular formula is C10H20O. The van der Waals surface area contributed by atoms with Crippen molar-refractivity contribution < 1.29 is 5.11 Å². The average molecular weight is 156 g/mol. The van der Waals surface area contributed by atoms with E-state index in [9.17, 15) is 5.11 Å². The van der Waals surface area contributed by atoms with E-state index in [1.807, 2.05) is 0 Å². The number of aliphatic hydroxyl groups excluding tert-OH is 1. The quantitative estimate of drug-likeness (QED) is 0.651. The summed E-state index contributed by atoms with van der Waals surface area (Å²) in [4.78, 5) is 0. The highest BCUT2D eigenvalue weighted by Crippen LogP contribution is 2.32. The van der Waals surface area contributed by atoms with E-state index >= 15 is 0 Å². The maximum atomic E-state index is 9.65. The van der Waals surface area contributed by atoms with Gasteiger partial charge in [0.25, 0.3) is 0 Å². The van der Waals surface area contributed by atoms with Crippen molar-refractivity contribution in [3.8, 4) is 0 Å². The summed E-state index contributed by atoms with van der Waals surface area (Å²) in [5.41, 5.74) is 0. The number of hydrogen-bond donors (Lipinski definition) is 1. The first-order chi connectivity index (χ1) is 5.25. The van der Waals surface area contributed by atoms with Crippen molar-refractivity contribution in [3.05, 3.63) is 0 Å². The lowest BCUT2D eigenvalue weighted by atomic mass is 9.77. The van der Waals surface area contributed by atoms with Crippen molar-refractivity contribution in [1.82, 2.24) is 0 Å². The summed E-state index contributed by atoms with van der Waals surface area (Å²) in [5.74, 6) is 1.34. The minimum Gasteiger partial charge on any atom is -0.393 e. The molecule has 0 heterocycles. The molecule has 0 radical (unpaired) electrons. The molecule has 1 aliphatic carbocycles. The Kier molecular flexibility index (Phi) is 3.38. The molecule has 1 saturated carbocycles. The molecule has 1 heteroatoms. The van der Waals surface area contributed by atoms with Gasteiger partial charge in [0.05, 0.1) is 6.10 Å². The van der Waals surface area contributed by atoms with Gasteiger partial charge >= 0.3 is 0 Å². The van der Waals surface area contributed by atoms with Gasteiger partial charge in [0, 0.05) is 0 Å². The van der Waals surface area contributed by atoms with E-state index in [1.165, 1.54) is 25.7 Å². The lowest BCUT2D eigenvalue weighted by Crippen LogP contribution is -2.28. The van der Waals surface area contributed by atoms with Gasteiger partial charge in [-0.2, -0.15) is 0 Å². The van der Waals surface area contributed by atoms with Crippen LogP contribution < -0.4 is 0 Å². The minimum absolute atomic E-state index is 0.0368. The summed E-state index contributed by atoms with van der Waals surface area (Å²) in [7, 11) is 0. The molecule has 0 aliphatic heterocycles. The monoisotopic (exact) mass is 156 g/mol. The van der Waals surface area contributed by atoms with Crippen LogP contribution in [0.3, 0.4) is 0 Å². The summed E-state index contributed by atoms with van der Waals surface area (Å²) < 4.78 is 0. The van der Waals surface area contributed by atoms with Crippen molar-refractivity contribution in [1.29, 1.82) is 0 Å². The molecular weight excluding hydrogens is 136 g/mol. The molecule has 0 aromatic heterocycles. The molecule has 0 aromatic rings. The van der Waals surface area contributed by atoms with Crippen LogP contribution in [-0.4, -0.2) is 11.2 Å². The highest BCUT2D eigenvalue weighted by Gasteiger charge is 2.26. The van der Waals surface area contributed by atoms with Crippen molar-refractivity contribution in [2.24, 2.45) is 11.8 Å². The second-order valence-corrected chi connectivity index (χ2v) is 3.90. The molecule has 0 saturated heterocycles. The van der Waals surface area contributed by atoms with Gasteiger partial charge in [-0.25, -0.2) is 0 Å². The Balaban J connectivity index is 2.40. The normalized spacial score (nSPS) is 35.2. The number of rotatable bonds is 2. The largest absolute Gasteiger partial charge is 0.393 e. The maximum Gasteiger partial charge on any atom is 0.0568 e. The Bertz CT molecular complexity index is 107. The highest BCUT2D eigenvalue weighted by atomic mass is 16.3. The SMILES string of the molecule is CCC(O)C1CCCCC1C. The van der Waals surface area contributed by atoms with Gasteiger partial charge in [0.1, 0.15) is 0 Å². The van der Waals surface area contributed by atoms with Crippen LogP contribution in [-0.2, 0) is 0 Å². The summed E-state index contributed by atoms with van der Waals surface area (Å²) >= 11 is 0. The predicted octanol–water partition coefficient (Wildman–Crippen LogP) is 2.58. The fourth-order valence-corrected chi connectivity index (χ4v) is 2.22. The molecule has 11 heavy (non-hydrogen) atoms. The topological polar surface area (TPSA) is 20.2 Å². The van der Waals surface area contributed by atoms with Gasteiger partial charge < -0.3 is 5.11 Å². The van der Waals surface area contributed by atoms with Crippen molar-refractivity contribution in [2.75, 3.05) is 0 Å². The lowest BCUT2D eigenvalue weighted by Gasteiger charge is -2.32. The molecule has 3 unspecified atom stereocenters. The Morgan fingerprint density at radius 1 is 1.36 bits per heavy atom. The van der Waals surface area contributed by atoms with Crippen LogP contribution >= 0.6 is 0 Å². The Labute approximate surface area is 69.8 Å². The van der Waals surface area contributed by atoms with Crippen molar-refractivity contribution in [3.63, 3.8) is 0 Å². The molecule has 1 aliphatic rings. The second kappa shape index (κ2) is 4.10. The average Bonchev–Trinajstić information content (AvgIpc) is 2.04. The van der Waals surface area contributed by atoms with Crippen LogP contribution in [0.1, 0.15) is 46.0 Å². The smallest absolute Gasteiger partial charge is 0.0568 e. The fourth-order valence-electron chi connectivity index (χ4n) is 2.22. The van der Waals surface area contributed by atoms with Gasteiger partial charge in [0.15, 0.2) is 0 Å². The first-order valence-corrected chi connectivity index (χ1v) is 4.93. The second-order valence-electron chi connectivity index (χ2n) is 3.90. The van der Waals surface area contributed by atoms with Gasteiger partial charge in [-0.3, -0.25) is 0 Å². The Hall–Kier alpha value is -0.0400. The van der Waals surface area contributed by atoms with E-state index in [0.29, 0.717) is 5.92 Å². The van der Waals surface area contributed by atoms with Crippen LogP contribution in [0.4, 0.5) is 0 Å². The molecule has 3 atom stereocenters. The first-order valence-electron chi connectivity index (χ1n) is 4.93. The minimum atomic E-state index is -0.0368. The highest BCUT2D eigenvalue weighted by molar-refractivity contribution is 4.77. The van der Waals surface area contributed by atoms with Gasteiger partial charge in [-0.1, -0.05) is 33.1 Å². The van der Waals surface area contributed by atoms with Gasteiger partial charge in [0.2, 0.25) is 0 Å². The molecule has 66 valence electrons. The van der Waals surface area contributed by atoms with E-state index in [2.05, 4.69) is 13.8 Å². The molecule has 0 spiro atoms. The molecule has 1 N–H and O–H groups in total. The third-order valence-corrected chi connectivity index (χ3v) is 3.09. The van der Waals surface area contributed by atoms with E-state index < -0.39 is 0 Å². The zero-order chi connectivity index (χ0) is 8.27. The molecule has 0 aromatic carbocycles. The zero-order valence-corrected chi connectivity index (χ0v) is 7.71. The molecule has 1 fully saturated rings. The predicted molar refractivity (Wildman–Crippen MR) is 47.4 cm³/mol. The first kappa shape index (κ1) is 9.05. The van der Waals surface area contributed by atoms with Crippen LogP contribution in [0, 0.1) is 11.8 Å². The lowest BCUT2D eigenvalue weighted by molar-refractivity contribution is 0.0510. The molecule has 0 bridgehead atoms. The van der Waals surface area contributed by atoms with E-state index in [1.54, 1.807) is 0 Å². The third kappa shape index (κ3) is 2.19. The molecule has 1 nitrogen and oxygen atoms in total. The van der Waals surface area contributed by atoms with E-state index in [4.69, 9.17) is 0 Å². The van der Waals surface area contributed by atoms with Crippen LogP contribution in [0.15, 0.2) is 0 Å². The van der Waals surface area contributed by atoms with Crippen molar-refractivity contribution in [2.45, 2.75) is 52.1 Å². The Morgan fingerprint density at radius 3 is 2.55 bits per heavy atom. The standard InChI is InChI=1S/C10H20O/c1-3-10(11)9-7-5-4-6-8(9)2/h8-11H,3-7H2,1-2H3. The molecule has 1 rings (SSSR count). The van der Waals surface area contributed by atoms with Gasteiger partial charge in [-0.05, 0) is 24.7 Å². The summed E-state index contributed by atoms with van der Waals surface area (Å²) in [6.45, 7) is 4.36. The van der Waals surface area contributed by atoms with Crippen molar-refractivity contribution >= 4 is 0 Å². The van der Waals surface area contributed by atoms with E-state index in [-0.39, 0.29) is 6.10 Å². The molecule has 0 amide bonds. The third-order valence-electron chi connectivity index (χ3n) is 3.09. The summed E-state index contributed by atoms with van der Waals surface area (Å²) in [6.07, 6.45) is 6.15. The fraction of sp³-hybridized carbons (Fsp3) is 1.00. The zero-order valence-electron chi connectivity index (χ0n) is 7.71. The van der Waals surface area contributed by atoms with Crippen LogP contribution in [0.25, 0.3) is 0 Å².